The summed E-state index contributed by atoms with van der Waals surface area (Å²) in [6.07, 6.45) is 3.63. The summed E-state index contributed by atoms with van der Waals surface area (Å²) in [7, 11) is 0. The molecule has 0 saturated carbocycles. The summed E-state index contributed by atoms with van der Waals surface area (Å²) in [6.45, 7) is 10.9. The van der Waals surface area contributed by atoms with Gasteiger partial charge in [-0.2, -0.15) is 0 Å². The lowest BCUT2D eigenvalue weighted by atomic mass is 9.87. The van der Waals surface area contributed by atoms with Gasteiger partial charge in [-0.1, -0.05) is 19.9 Å². The van der Waals surface area contributed by atoms with E-state index in [2.05, 4.69) is 19.2 Å². The molecule has 0 spiro atoms. The smallest absolute Gasteiger partial charge is 0.123 e. The monoisotopic (exact) mass is 197 g/mol. The van der Waals surface area contributed by atoms with Gasteiger partial charge in [-0.15, -0.1) is 0 Å². The molecule has 1 N–H and O–H groups in total. The third-order valence-corrected chi connectivity index (χ3v) is 2.47. The normalized spacial score (nSPS) is 33.3. The maximum Gasteiger partial charge on any atom is 0.123 e. The van der Waals surface area contributed by atoms with E-state index >= 15 is 0 Å². The fourth-order valence-electron chi connectivity index (χ4n) is 1.64. The predicted octanol–water partition coefficient (Wildman–Crippen LogP) is 3.19. The highest BCUT2D eigenvalue weighted by molar-refractivity contribution is 5.29. The van der Waals surface area contributed by atoms with Gasteiger partial charge in [0.25, 0.3) is 0 Å². The number of hydrogen-bond donors (Lipinski definition) is 1. The SMILES string of the molecule is CC1=C/C(C)(C)CNC(C)(C)/C=C\1F. The molecular formula is C12H20FN. The van der Waals surface area contributed by atoms with Crippen LogP contribution >= 0.6 is 0 Å². The standard InChI is InChI=1S/C12H20FN/c1-9-6-11(2,3)8-14-12(4,5)7-10(9)13/h6-7,14H,8H2,1-5H3/b9-6-,10-7+. The van der Waals surface area contributed by atoms with Crippen molar-refractivity contribution in [3.05, 3.63) is 23.6 Å². The van der Waals surface area contributed by atoms with Crippen molar-refractivity contribution >= 4 is 0 Å². The summed E-state index contributed by atoms with van der Waals surface area (Å²) in [4.78, 5) is 0. The van der Waals surface area contributed by atoms with E-state index in [0.29, 0.717) is 0 Å². The summed E-state index contributed by atoms with van der Waals surface area (Å²) in [5, 5.41) is 3.34. The first-order valence-corrected chi connectivity index (χ1v) is 5.05. The molecule has 1 aliphatic rings. The lowest BCUT2D eigenvalue weighted by Crippen LogP contribution is -2.43. The molecule has 0 atom stereocenters. The maximum absolute atomic E-state index is 13.6. The second-order valence-corrected chi connectivity index (χ2v) is 5.38. The second-order valence-electron chi connectivity index (χ2n) is 5.38. The molecule has 0 radical (unpaired) electrons. The Labute approximate surface area is 86.1 Å². The number of rotatable bonds is 0. The Hall–Kier alpha value is -0.630. The highest BCUT2D eigenvalue weighted by Gasteiger charge is 2.24. The summed E-state index contributed by atoms with van der Waals surface area (Å²) in [5.41, 5.74) is 0.480. The summed E-state index contributed by atoms with van der Waals surface area (Å²) in [6, 6.07) is 0. The molecule has 14 heavy (non-hydrogen) atoms. The van der Waals surface area contributed by atoms with Gasteiger partial charge in [-0.05, 0) is 37.8 Å². The van der Waals surface area contributed by atoms with Crippen LogP contribution in [0, 0.1) is 5.41 Å². The van der Waals surface area contributed by atoms with Crippen LogP contribution in [-0.4, -0.2) is 12.1 Å². The zero-order valence-electron chi connectivity index (χ0n) is 9.74. The second kappa shape index (κ2) is 3.50. The molecule has 1 rings (SSSR count). The van der Waals surface area contributed by atoms with Gasteiger partial charge in [0.15, 0.2) is 0 Å². The molecule has 0 aromatic rings. The van der Waals surface area contributed by atoms with E-state index in [4.69, 9.17) is 0 Å². The lowest BCUT2D eigenvalue weighted by Gasteiger charge is -2.31. The highest BCUT2D eigenvalue weighted by atomic mass is 19.1. The minimum atomic E-state index is -0.267. The summed E-state index contributed by atoms with van der Waals surface area (Å²) in [5.74, 6) is -0.115. The van der Waals surface area contributed by atoms with Crippen molar-refractivity contribution in [2.45, 2.75) is 40.2 Å². The molecule has 2 heteroatoms. The molecule has 0 fully saturated rings. The molecule has 0 aliphatic carbocycles. The first kappa shape index (κ1) is 11.4. The minimum absolute atomic E-state index is 0.00690. The van der Waals surface area contributed by atoms with Gasteiger partial charge in [-0.3, -0.25) is 0 Å². The van der Waals surface area contributed by atoms with Crippen LogP contribution in [0.2, 0.25) is 0 Å². The van der Waals surface area contributed by atoms with Crippen molar-refractivity contribution in [1.29, 1.82) is 0 Å². The molecule has 0 saturated heterocycles. The zero-order valence-corrected chi connectivity index (χ0v) is 9.74. The van der Waals surface area contributed by atoms with Crippen molar-refractivity contribution in [1.82, 2.24) is 5.32 Å². The van der Waals surface area contributed by atoms with Crippen molar-refractivity contribution in [3.8, 4) is 0 Å². The van der Waals surface area contributed by atoms with Crippen molar-refractivity contribution in [2.75, 3.05) is 6.54 Å². The van der Waals surface area contributed by atoms with Gasteiger partial charge >= 0.3 is 0 Å². The average Bonchev–Trinajstić information content (AvgIpc) is 1.98. The van der Waals surface area contributed by atoms with Crippen molar-refractivity contribution < 1.29 is 4.39 Å². The van der Waals surface area contributed by atoms with Gasteiger partial charge in [-0.25, -0.2) is 4.39 Å². The highest BCUT2D eigenvalue weighted by Crippen LogP contribution is 2.27. The fourth-order valence-corrected chi connectivity index (χ4v) is 1.64. The first-order chi connectivity index (χ1) is 6.22. The van der Waals surface area contributed by atoms with E-state index < -0.39 is 0 Å². The van der Waals surface area contributed by atoms with Crippen LogP contribution in [0.4, 0.5) is 4.39 Å². The van der Waals surface area contributed by atoms with Crippen LogP contribution in [-0.2, 0) is 0 Å². The third kappa shape index (κ3) is 2.95. The van der Waals surface area contributed by atoms with Gasteiger partial charge in [0, 0.05) is 12.1 Å². The van der Waals surface area contributed by atoms with E-state index in [1.54, 1.807) is 6.08 Å². The number of allylic oxidation sites excluding steroid dienone is 2. The van der Waals surface area contributed by atoms with Gasteiger partial charge in [0.1, 0.15) is 5.83 Å². The molecule has 0 aromatic heterocycles. The largest absolute Gasteiger partial charge is 0.307 e. The topological polar surface area (TPSA) is 12.0 Å². The van der Waals surface area contributed by atoms with Crippen LogP contribution in [0.25, 0.3) is 0 Å². The molecule has 1 nitrogen and oxygen atoms in total. The number of nitrogens with one attached hydrogen (secondary N) is 1. The zero-order chi connectivity index (χ0) is 11.0. The molecule has 0 bridgehead atoms. The number of halogens is 1. The van der Waals surface area contributed by atoms with E-state index in [9.17, 15) is 4.39 Å². The Bertz CT molecular complexity index is 255. The quantitative estimate of drug-likeness (QED) is 0.629. The van der Waals surface area contributed by atoms with Crippen LogP contribution < -0.4 is 5.32 Å². The van der Waals surface area contributed by atoms with E-state index in [0.717, 1.165) is 12.1 Å². The summed E-state index contributed by atoms with van der Waals surface area (Å²) < 4.78 is 13.6. The summed E-state index contributed by atoms with van der Waals surface area (Å²) >= 11 is 0. The Morgan fingerprint density at radius 2 is 1.79 bits per heavy atom. The van der Waals surface area contributed by atoms with Gasteiger partial charge in [0.2, 0.25) is 0 Å². The molecule has 1 aliphatic heterocycles. The molecule has 0 aromatic carbocycles. The van der Waals surface area contributed by atoms with Gasteiger partial charge < -0.3 is 5.32 Å². The molecule has 1 heterocycles. The molecular weight excluding hydrogens is 177 g/mol. The first-order valence-electron chi connectivity index (χ1n) is 5.05. The maximum atomic E-state index is 13.6. The Kier molecular flexibility index (Phi) is 2.86. The Morgan fingerprint density at radius 3 is 2.36 bits per heavy atom. The van der Waals surface area contributed by atoms with E-state index in [-0.39, 0.29) is 16.8 Å². The molecule has 0 amide bonds. The van der Waals surface area contributed by atoms with Crippen LogP contribution in [0.5, 0.6) is 0 Å². The van der Waals surface area contributed by atoms with E-state index in [1.165, 1.54) is 0 Å². The molecule has 0 unspecified atom stereocenters. The van der Waals surface area contributed by atoms with Crippen LogP contribution in [0.1, 0.15) is 34.6 Å². The van der Waals surface area contributed by atoms with Crippen LogP contribution in [0.15, 0.2) is 23.6 Å². The molecule has 80 valence electrons. The Morgan fingerprint density at radius 1 is 1.21 bits per heavy atom. The third-order valence-electron chi connectivity index (χ3n) is 2.47. The van der Waals surface area contributed by atoms with Gasteiger partial charge in [0.05, 0.1) is 0 Å². The predicted molar refractivity (Wildman–Crippen MR) is 58.8 cm³/mol. The fraction of sp³-hybridized carbons (Fsp3) is 0.667. The number of hydrogen-bond acceptors (Lipinski definition) is 1. The Balaban J connectivity index is 3.08. The van der Waals surface area contributed by atoms with Crippen LogP contribution in [0.3, 0.4) is 0 Å². The minimum Gasteiger partial charge on any atom is -0.307 e. The van der Waals surface area contributed by atoms with Crippen molar-refractivity contribution in [2.24, 2.45) is 5.41 Å². The lowest BCUT2D eigenvalue weighted by molar-refractivity contribution is 0.357. The van der Waals surface area contributed by atoms with Crippen molar-refractivity contribution in [3.63, 3.8) is 0 Å². The van der Waals surface area contributed by atoms with E-state index in [1.807, 2.05) is 26.8 Å². The average molecular weight is 197 g/mol.